The summed E-state index contributed by atoms with van der Waals surface area (Å²) in [5.41, 5.74) is 0.312. The van der Waals surface area contributed by atoms with Gasteiger partial charge >= 0.3 is 6.03 Å². The van der Waals surface area contributed by atoms with Crippen LogP contribution in [-0.2, 0) is 4.79 Å². The van der Waals surface area contributed by atoms with Crippen molar-refractivity contribution >= 4 is 23.7 Å². The number of amides is 3. The van der Waals surface area contributed by atoms with Crippen LogP contribution in [0.25, 0.3) is 11.4 Å². The molecule has 3 amide bonds. The summed E-state index contributed by atoms with van der Waals surface area (Å²) >= 11 is 1.09. The lowest BCUT2D eigenvalue weighted by Gasteiger charge is -2.10. The molecule has 1 fully saturated rings. The number of H-pyrrole nitrogens is 1. The van der Waals surface area contributed by atoms with Crippen molar-refractivity contribution in [3.63, 3.8) is 0 Å². The van der Waals surface area contributed by atoms with E-state index in [4.69, 9.17) is 0 Å². The number of nitrogens with one attached hydrogen (secondary N) is 2. The number of imide groups is 1. The van der Waals surface area contributed by atoms with E-state index in [-0.39, 0.29) is 17.7 Å². The molecule has 1 saturated heterocycles. The first-order valence-corrected chi connectivity index (χ1v) is 7.52. The second-order valence-corrected chi connectivity index (χ2v) is 5.45. The van der Waals surface area contributed by atoms with E-state index in [0.717, 1.165) is 16.7 Å². The van der Waals surface area contributed by atoms with Gasteiger partial charge in [0.15, 0.2) is 5.82 Å². The molecule has 0 unspecified atom stereocenters. The van der Waals surface area contributed by atoms with Gasteiger partial charge in [-0.05, 0) is 12.1 Å². The fourth-order valence-electron chi connectivity index (χ4n) is 2.00. The lowest BCUT2D eigenvalue weighted by atomic mass is 10.2. The zero-order chi connectivity index (χ0) is 15.5. The molecule has 7 nitrogen and oxygen atoms in total. The van der Waals surface area contributed by atoms with Crippen LogP contribution in [0.4, 0.5) is 9.18 Å². The Hall–Kier alpha value is -2.42. The number of benzene rings is 1. The molecule has 1 aliphatic rings. The number of nitrogens with zero attached hydrogens (tertiary/aromatic N) is 3. The summed E-state index contributed by atoms with van der Waals surface area (Å²) in [6.07, 6.45) is 0. The topological polar surface area (TPSA) is 91.0 Å². The van der Waals surface area contributed by atoms with Crippen LogP contribution >= 0.6 is 11.8 Å². The third kappa shape index (κ3) is 2.93. The lowest BCUT2D eigenvalue weighted by molar-refractivity contribution is -0.124. The molecule has 2 aromatic rings. The molecule has 114 valence electrons. The summed E-state index contributed by atoms with van der Waals surface area (Å²) in [6, 6.07) is 5.82. The molecule has 2 heterocycles. The summed E-state index contributed by atoms with van der Waals surface area (Å²) in [5.74, 6) is -0.369. The molecule has 0 atom stereocenters. The van der Waals surface area contributed by atoms with E-state index in [9.17, 15) is 14.0 Å². The van der Waals surface area contributed by atoms with Gasteiger partial charge in [0.25, 0.3) is 0 Å². The van der Waals surface area contributed by atoms with Crippen molar-refractivity contribution in [1.29, 1.82) is 0 Å². The first-order valence-electron chi connectivity index (χ1n) is 6.53. The average Bonchev–Trinajstić information content (AvgIpc) is 3.14. The van der Waals surface area contributed by atoms with E-state index in [0.29, 0.717) is 29.6 Å². The van der Waals surface area contributed by atoms with Crippen LogP contribution < -0.4 is 5.32 Å². The molecule has 3 rings (SSSR count). The Labute approximate surface area is 129 Å². The highest BCUT2D eigenvalue weighted by atomic mass is 32.2. The highest BCUT2D eigenvalue weighted by Crippen LogP contribution is 2.21. The van der Waals surface area contributed by atoms with Crippen molar-refractivity contribution in [2.24, 2.45) is 0 Å². The average molecular weight is 321 g/mol. The molecule has 1 aromatic heterocycles. The fourth-order valence-corrected chi connectivity index (χ4v) is 2.67. The predicted molar refractivity (Wildman–Crippen MR) is 77.6 cm³/mol. The predicted octanol–water partition coefficient (Wildman–Crippen LogP) is 1.25. The minimum absolute atomic E-state index is 0.0436. The van der Waals surface area contributed by atoms with Gasteiger partial charge in [-0.25, -0.2) is 14.2 Å². The van der Waals surface area contributed by atoms with E-state index in [2.05, 4.69) is 20.5 Å². The molecule has 22 heavy (non-hydrogen) atoms. The number of aromatic amines is 1. The van der Waals surface area contributed by atoms with E-state index in [1.54, 1.807) is 18.2 Å². The van der Waals surface area contributed by atoms with E-state index in [1.807, 2.05) is 0 Å². The summed E-state index contributed by atoms with van der Waals surface area (Å²) in [5, 5.41) is 9.46. The number of carbonyl (C=O) groups is 2. The fraction of sp³-hybridized carbons (Fsp3) is 0.231. The second kappa shape index (κ2) is 6.14. The monoisotopic (exact) mass is 321 g/mol. The lowest BCUT2D eigenvalue weighted by Crippen LogP contribution is -2.35. The van der Waals surface area contributed by atoms with Crippen molar-refractivity contribution in [1.82, 2.24) is 25.4 Å². The Bertz CT molecular complexity index is 720. The van der Waals surface area contributed by atoms with E-state index >= 15 is 0 Å². The molecule has 1 aliphatic heterocycles. The third-order valence-corrected chi connectivity index (χ3v) is 3.91. The number of halogens is 1. The SMILES string of the molecule is O=C(CSc1n[nH]c(-c2ccccc2F)n1)N1CCNC1=O. The molecule has 0 aliphatic carbocycles. The number of rotatable bonds is 4. The summed E-state index contributed by atoms with van der Waals surface area (Å²) in [4.78, 5) is 28.5. The van der Waals surface area contributed by atoms with Crippen molar-refractivity contribution in [3.05, 3.63) is 30.1 Å². The smallest absolute Gasteiger partial charge is 0.324 e. The molecule has 0 saturated carbocycles. The van der Waals surface area contributed by atoms with Gasteiger partial charge in [0, 0.05) is 13.1 Å². The maximum atomic E-state index is 13.6. The standard InChI is InChI=1S/C13H12FN5O2S/c14-9-4-2-1-3-8(9)11-16-12(18-17-11)22-7-10(20)19-6-5-15-13(19)21/h1-4H,5-7H2,(H,15,21)(H,16,17,18). The van der Waals surface area contributed by atoms with Gasteiger partial charge in [-0.15, -0.1) is 5.10 Å². The number of hydrogen-bond acceptors (Lipinski definition) is 5. The summed E-state index contributed by atoms with van der Waals surface area (Å²) in [7, 11) is 0. The Morgan fingerprint density at radius 2 is 2.23 bits per heavy atom. The van der Waals surface area contributed by atoms with Gasteiger partial charge in [0.1, 0.15) is 5.82 Å². The molecule has 2 N–H and O–H groups in total. The summed E-state index contributed by atoms with van der Waals surface area (Å²) in [6.45, 7) is 0.833. The van der Waals surface area contributed by atoms with Crippen LogP contribution in [0.1, 0.15) is 0 Å². The molecule has 1 aromatic carbocycles. The zero-order valence-corrected chi connectivity index (χ0v) is 12.2. The van der Waals surface area contributed by atoms with Crippen molar-refractivity contribution in [2.75, 3.05) is 18.8 Å². The number of carbonyl (C=O) groups excluding carboxylic acids is 2. The summed E-state index contributed by atoms with van der Waals surface area (Å²) < 4.78 is 13.6. The Morgan fingerprint density at radius 1 is 1.41 bits per heavy atom. The number of thioether (sulfide) groups is 1. The van der Waals surface area contributed by atoms with Crippen molar-refractivity contribution in [3.8, 4) is 11.4 Å². The van der Waals surface area contributed by atoms with Gasteiger partial charge in [0.2, 0.25) is 11.1 Å². The molecular formula is C13H12FN5O2S. The first kappa shape index (κ1) is 14.5. The minimum atomic E-state index is -0.403. The van der Waals surface area contributed by atoms with Crippen LogP contribution in [-0.4, -0.2) is 50.9 Å². The molecule has 9 heteroatoms. The number of aromatic nitrogens is 3. The van der Waals surface area contributed by atoms with E-state index in [1.165, 1.54) is 6.07 Å². The van der Waals surface area contributed by atoms with Gasteiger partial charge < -0.3 is 5.32 Å². The van der Waals surface area contributed by atoms with Crippen molar-refractivity contribution < 1.29 is 14.0 Å². The zero-order valence-electron chi connectivity index (χ0n) is 11.4. The van der Waals surface area contributed by atoms with Crippen molar-refractivity contribution in [2.45, 2.75) is 5.16 Å². The Balaban J connectivity index is 1.64. The highest BCUT2D eigenvalue weighted by Gasteiger charge is 2.26. The highest BCUT2D eigenvalue weighted by molar-refractivity contribution is 7.99. The maximum absolute atomic E-state index is 13.6. The second-order valence-electron chi connectivity index (χ2n) is 4.51. The molecule has 0 bridgehead atoms. The number of hydrogen-bond donors (Lipinski definition) is 2. The molecule has 0 spiro atoms. The quantitative estimate of drug-likeness (QED) is 0.827. The Morgan fingerprint density at radius 3 is 2.95 bits per heavy atom. The first-order chi connectivity index (χ1) is 10.6. The van der Waals surface area contributed by atoms with Gasteiger partial charge in [-0.3, -0.25) is 14.8 Å². The largest absolute Gasteiger partial charge is 0.336 e. The van der Waals surface area contributed by atoms with Crippen LogP contribution in [0.5, 0.6) is 0 Å². The normalized spacial score (nSPS) is 14.2. The van der Waals surface area contributed by atoms with Crippen LogP contribution in [0.3, 0.4) is 0 Å². The van der Waals surface area contributed by atoms with Crippen LogP contribution in [0, 0.1) is 5.82 Å². The van der Waals surface area contributed by atoms with E-state index < -0.39 is 5.82 Å². The Kier molecular flexibility index (Phi) is 4.05. The number of urea groups is 1. The third-order valence-electron chi connectivity index (χ3n) is 3.08. The van der Waals surface area contributed by atoms with Crippen LogP contribution in [0.15, 0.2) is 29.4 Å². The minimum Gasteiger partial charge on any atom is -0.336 e. The van der Waals surface area contributed by atoms with Gasteiger partial charge in [-0.2, -0.15) is 0 Å². The molecule has 0 radical (unpaired) electrons. The van der Waals surface area contributed by atoms with Gasteiger partial charge in [-0.1, -0.05) is 23.9 Å². The molecular weight excluding hydrogens is 309 g/mol. The maximum Gasteiger partial charge on any atom is 0.324 e. The van der Waals surface area contributed by atoms with Crippen LogP contribution in [0.2, 0.25) is 0 Å². The van der Waals surface area contributed by atoms with Gasteiger partial charge in [0.05, 0.1) is 11.3 Å².